The fraction of sp³-hybridized carbons (Fsp3) is 0.944. The Morgan fingerprint density at radius 2 is 1.55 bits per heavy atom. The number of carbonyl (C=O) groups excluding carboxylic acids is 1. The van der Waals surface area contributed by atoms with Crippen molar-refractivity contribution >= 4 is 21.9 Å². The first-order valence-electron chi connectivity index (χ1n) is 9.10. The van der Waals surface area contributed by atoms with Crippen LogP contribution in [0, 0.1) is 0 Å². The lowest BCUT2D eigenvalue weighted by Gasteiger charge is -2.11. The molecule has 0 fully saturated rings. The molecule has 1 atom stereocenters. The van der Waals surface area contributed by atoms with Gasteiger partial charge in [-0.05, 0) is 19.3 Å². The normalized spacial score (nSPS) is 12.3. The van der Waals surface area contributed by atoms with E-state index in [1.807, 2.05) is 0 Å². The van der Waals surface area contributed by atoms with Crippen LogP contribution in [0.3, 0.4) is 0 Å². The van der Waals surface area contributed by atoms with Crippen molar-refractivity contribution < 1.29 is 14.6 Å². The van der Waals surface area contributed by atoms with Crippen LogP contribution >= 0.6 is 15.9 Å². The standard InChI is InChI=1S/C18H35BrO3/c1-2-3-4-5-6-7-8-10-13-17(20)16-22-18(21)14-11-9-12-15-19/h17,20H,2-16H2,1H3. The van der Waals surface area contributed by atoms with Crippen molar-refractivity contribution in [3.05, 3.63) is 0 Å². The number of halogens is 1. The number of rotatable bonds is 16. The molecule has 0 aliphatic rings. The first kappa shape index (κ1) is 21.9. The minimum Gasteiger partial charge on any atom is -0.463 e. The second-order valence-corrected chi connectivity index (χ2v) is 6.89. The van der Waals surface area contributed by atoms with E-state index >= 15 is 0 Å². The molecule has 4 heteroatoms. The molecule has 0 heterocycles. The predicted octanol–water partition coefficient (Wildman–Crippen LogP) is 5.38. The molecule has 22 heavy (non-hydrogen) atoms. The Morgan fingerprint density at radius 1 is 0.955 bits per heavy atom. The summed E-state index contributed by atoms with van der Waals surface area (Å²) in [5.41, 5.74) is 0. The van der Waals surface area contributed by atoms with Crippen molar-refractivity contribution in [2.45, 2.75) is 96.5 Å². The van der Waals surface area contributed by atoms with Crippen molar-refractivity contribution in [3.8, 4) is 0 Å². The third kappa shape index (κ3) is 16.3. The lowest BCUT2D eigenvalue weighted by atomic mass is 10.1. The van der Waals surface area contributed by atoms with Gasteiger partial charge >= 0.3 is 5.97 Å². The van der Waals surface area contributed by atoms with E-state index in [2.05, 4.69) is 22.9 Å². The summed E-state index contributed by atoms with van der Waals surface area (Å²) < 4.78 is 5.11. The molecular formula is C18H35BrO3. The minimum atomic E-state index is -0.494. The molecule has 0 spiro atoms. The first-order chi connectivity index (χ1) is 10.7. The molecule has 0 saturated heterocycles. The van der Waals surface area contributed by atoms with Crippen LogP contribution in [0.4, 0.5) is 0 Å². The maximum absolute atomic E-state index is 11.5. The summed E-state index contributed by atoms with van der Waals surface area (Å²) in [6.07, 6.45) is 13.8. The van der Waals surface area contributed by atoms with Gasteiger partial charge < -0.3 is 9.84 Å². The average molecular weight is 379 g/mol. The van der Waals surface area contributed by atoms with Crippen LogP contribution in [0.15, 0.2) is 0 Å². The summed E-state index contributed by atoms with van der Waals surface area (Å²) in [5.74, 6) is -0.176. The van der Waals surface area contributed by atoms with Crippen LogP contribution in [0.1, 0.15) is 90.4 Å². The molecule has 0 bridgehead atoms. The van der Waals surface area contributed by atoms with Gasteiger partial charge in [-0.15, -0.1) is 0 Å². The molecule has 0 aliphatic carbocycles. The Kier molecular flexibility index (Phi) is 17.2. The topological polar surface area (TPSA) is 46.5 Å². The van der Waals surface area contributed by atoms with E-state index in [-0.39, 0.29) is 12.6 Å². The van der Waals surface area contributed by atoms with E-state index in [1.54, 1.807) is 0 Å². The third-order valence-electron chi connectivity index (χ3n) is 3.84. The molecule has 0 aromatic rings. The second-order valence-electron chi connectivity index (χ2n) is 6.10. The summed E-state index contributed by atoms with van der Waals surface area (Å²) >= 11 is 3.37. The number of alkyl halides is 1. The SMILES string of the molecule is CCCCCCCCCCC(O)COC(=O)CCCCCBr. The Hall–Kier alpha value is -0.0900. The largest absolute Gasteiger partial charge is 0.463 e. The van der Waals surface area contributed by atoms with Gasteiger partial charge in [0.15, 0.2) is 0 Å². The molecule has 0 rings (SSSR count). The predicted molar refractivity (Wildman–Crippen MR) is 96.5 cm³/mol. The Bertz CT molecular complexity index is 246. The highest BCUT2D eigenvalue weighted by molar-refractivity contribution is 9.09. The van der Waals surface area contributed by atoms with Gasteiger partial charge in [-0.25, -0.2) is 0 Å². The number of carbonyl (C=O) groups is 1. The van der Waals surface area contributed by atoms with Gasteiger partial charge in [0.25, 0.3) is 0 Å². The molecule has 0 aliphatic heterocycles. The van der Waals surface area contributed by atoms with E-state index in [0.717, 1.165) is 37.4 Å². The average Bonchev–Trinajstić information content (AvgIpc) is 2.52. The zero-order valence-electron chi connectivity index (χ0n) is 14.3. The molecule has 1 N–H and O–H groups in total. The van der Waals surface area contributed by atoms with E-state index in [9.17, 15) is 9.90 Å². The van der Waals surface area contributed by atoms with Crippen LogP contribution in [0.5, 0.6) is 0 Å². The molecule has 0 aromatic carbocycles. The lowest BCUT2D eigenvalue weighted by molar-refractivity contribution is -0.146. The number of unbranched alkanes of at least 4 members (excludes halogenated alkanes) is 9. The number of hydrogen-bond acceptors (Lipinski definition) is 3. The molecule has 1 unspecified atom stereocenters. The summed E-state index contributed by atoms with van der Waals surface area (Å²) in [5, 5.41) is 10.8. The Balaban J connectivity index is 3.31. The zero-order valence-corrected chi connectivity index (χ0v) is 15.9. The van der Waals surface area contributed by atoms with Crippen molar-refractivity contribution in [3.63, 3.8) is 0 Å². The molecular weight excluding hydrogens is 344 g/mol. The van der Waals surface area contributed by atoms with Gasteiger partial charge in [0.1, 0.15) is 6.61 Å². The minimum absolute atomic E-state index is 0.160. The van der Waals surface area contributed by atoms with Crippen LogP contribution < -0.4 is 0 Å². The van der Waals surface area contributed by atoms with Gasteiger partial charge in [0.2, 0.25) is 0 Å². The Morgan fingerprint density at radius 3 is 2.18 bits per heavy atom. The summed E-state index contributed by atoms with van der Waals surface area (Å²) in [4.78, 5) is 11.5. The van der Waals surface area contributed by atoms with Gasteiger partial charge in [0, 0.05) is 11.8 Å². The third-order valence-corrected chi connectivity index (χ3v) is 4.40. The second kappa shape index (κ2) is 17.3. The quantitative estimate of drug-likeness (QED) is 0.223. The van der Waals surface area contributed by atoms with Gasteiger partial charge in [-0.1, -0.05) is 80.6 Å². The number of aliphatic hydroxyl groups excluding tert-OH is 1. The van der Waals surface area contributed by atoms with E-state index in [4.69, 9.17) is 4.74 Å². The van der Waals surface area contributed by atoms with Gasteiger partial charge in [-0.3, -0.25) is 4.79 Å². The Labute approximate surface area is 145 Å². The number of esters is 1. The van der Waals surface area contributed by atoms with Crippen molar-refractivity contribution in [2.75, 3.05) is 11.9 Å². The molecule has 132 valence electrons. The smallest absolute Gasteiger partial charge is 0.305 e. The first-order valence-corrected chi connectivity index (χ1v) is 10.2. The molecule has 0 saturated carbocycles. The number of hydrogen-bond donors (Lipinski definition) is 1. The highest BCUT2D eigenvalue weighted by Gasteiger charge is 2.08. The maximum atomic E-state index is 11.5. The zero-order chi connectivity index (χ0) is 16.5. The van der Waals surface area contributed by atoms with Gasteiger partial charge in [-0.2, -0.15) is 0 Å². The van der Waals surface area contributed by atoms with Gasteiger partial charge in [0.05, 0.1) is 6.10 Å². The summed E-state index contributed by atoms with van der Waals surface area (Å²) in [6, 6.07) is 0. The van der Waals surface area contributed by atoms with Crippen LogP contribution in [0.25, 0.3) is 0 Å². The van der Waals surface area contributed by atoms with Crippen molar-refractivity contribution in [2.24, 2.45) is 0 Å². The maximum Gasteiger partial charge on any atom is 0.305 e. The summed E-state index contributed by atoms with van der Waals surface area (Å²) in [7, 11) is 0. The fourth-order valence-electron chi connectivity index (χ4n) is 2.40. The molecule has 0 amide bonds. The van der Waals surface area contributed by atoms with Crippen LogP contribution in [0.2, 0.25) is 0 Å². The van der Waals surface area contributed by atoms with Crippen molar-refractivity contribution in [1.29, 1.82) is 0 Å². The van der Waals surface area contributed by atoms with Crippen LogP contribution in [-0.4, -0.2) is 29.1 Å². The fourth-order valence-corrected chi connectivity index (χ4v) is 2.80. The molecule has 0 radical (unpaired) electrons. The molecule has 3 nitrogen and oxygen atoms in total. The van der Waals surface area contributed by atoms with Crippen molar-refractivity contribution in [1.82, 2.24) is 0 Å². The van der Waals surface area contributed by atoms with E-state index in [0.29, 0.717) is 6.42 Å². The number of ether oxygens (including phenoxy) is 1. The lowest BCUT2D eigenvalue weighted by Crippen LogP contribution is -2.18. The number of aliphatic hydroxyl groups is 1. The summed E-state index contributed by atoms with van der Waals surface area (Å²) in [6.45, 7) is 2.39. The monoisotopic (exact) mass is 378 g/mol. The van der Waals surface area contributed by atoms with E-state index < -0.39 is 6.10 Å². The van der Waals surface area contributed by atoms with E-state index in [1.165, 1.54) is 44.9 Å². The molecule has 0 aromatic heterocycles. The highest BCUT2D eigenvalue weighted by Crippen LogP contribution is 2.11. The highest BCUT2D eigenvalue weighted by atomic mass is 79.9. The van der Waals surface area contributed by atoms with Crippen LogP contribution in [-0.2, 0) is 9.53 Å².